The number of nitrogens with one attached hydrogen (secondary N) is 2. The Morgan fingerprint density at radius 2 is 1.64 bits per heavy atom. The summed E-state index contributed by atoms with van der Waals surface area (Å²) in [5.74, 6) is 2.27. The lowest BCUT2D eigenvalue weighted by Gasteiger charge is -2.15. The summed E-state index contributed by atoms with van der Waals surface area (Å²) in [4.78, 5) is 8.63. The SMILES string of the molecule is CCc1cccc(CC)c1Nc1cc(NCC(C)C)ncn1. The first kappa shape index (κ1) is 16.3. The predicted molar refractivity (Wildman–Crippen MR) is 93.8 cm³/mol. The monoisotopic (exact) mass is 298 g/mol. The first-order chi connectivity index (χ1) is 10.6. The number of hydrogen-bond donors (Lipinski definition) is 2. The minimum Gasteiger partial charge on any atom is -0.370 e. The molecule has 118 valence electrons. The predicted octanol–water partition coefficient (Wildman–Crippen LogP) is 4.41. The zero-order valence-corrected chi connectivity index (χ0v) is 14.0. The molecule has 0 saturated heterocycles. The molecule has 2 aromatic rings. The van der Waals surface area contributed by atoms with Crippen LogP contribution in [0.4, 0.5) is 17.3 Å². The van der Waals surface area contributed by atoms with Crippen LogP contribution in [0.5, 0.6) is 0 Å². The van der Waals surface area contributed by atoms with Gasteiger partial charge in [-0.05, 0) is 29.9 Å². The van der Waals surface area contributed by atoms with Crippen LogP contribution in [-0.2, 0) is 12.8 Å². The van der Waals surface area contributed by atoms with Crippen molar-refractivity contribution in [1.29, 1.82) is 0 Å². The Morgan fingerprint density at radius 1 is 1.00 bits per heavy atom. The second-order valence-electron chi connectivity index (χ2n) is 5.85. The van der Waals surface area contributed by atoms with Gasteiger partial charge in [0.2, 0.25) is 0 Å². The van der Waals surface area contributed by atoms with Crippen LogP contribution in [-0.4, -0.2) is 16.5 Å². The number of benzene rings is 1. The smallest absolute Gasteiger partial charge is 0.135 e. The van der Waals surface area contributed by atoms with Crippen molar-refractivity contribution in [3.05, 3.63) is 41.7 Å². The topological polar surface area (TPSA) is 49.8 Å². The van der Waals surface area contributed by atoms with Crippen molar-refractivity contribution in [1.82, 2.24) is 9.97 Å². The Bertz CT molecular complexity index is 586. The molecule has 0 saturated carbocycles. The van der Waals surface area contributed by atoms with E-state index in [1.807, 2.05) is 6.07 Å². The fourth-order valence-corrected chi connectivity index (χ4v) is 2.36. The average Bonchev–Trinajstić information content (AvgIpc) is 2.53. The van der Waals surface area contributed by atoms with Gasteiger partial charge < -0.3 is 10.6 Å². The highest BCUT2D eigenvalue weighted by molar-refractivity contribution is 5.66. The van der Waals surface area contributed by atoms with E-state index in [0.29, 0.717) is 5.92 Å². The van der Waals surface area contributed by atoms with Crippen molar-refractivity contribution in [2.75, 3.05) is 17.2 Å². The van der Waals surface area contributed by atoms with Gasteiger partial charge >= 0.3 is 0 Å². The van der Waals surface area contributed by atoms with Crippen molar-refractivity contribution >= 4 is 17.3 Å². The minimum atomic E-state index is 0.582. The summed E-state index contributed by atoms with van der Waals surface area (Å²) < 4.78 is 0. The van der Waals surface area contributed by atoms with E-state index >= 15 is 0 Å². The van der Waals surface area contributed by atoms with Crippen molar-refractivity contribution in [3.63, 3.8) is 0 Å². The molecule has 4 heteroatoms. The molecule has 0 unspecified atom stereocenters. The number of anilines is 3. The molecule has 1 aromatic heterocycles. The van der Waals surface area contributed by atoms with Gasteiger partial charge in [0, 0.05) is 18.3 Å². The van der Waals surface area contributed by atoms with Crippen LogP contribution in [0.2, 0.25) is 0 Å². The molecule has 0 aliphatic heterocycles. The summed E-state index contributed by atoms with van der Waals surface area (Å²) in [7, 11) is 0. The molecule has 0 spiro atoms. The van der Waals surface area contributed by atoms with Gasteiger partial charge in [0.15, 0.2) is 0 Å². The highest BCUT2D eigenvalue weighted by Gasteiger charge is 2.08. The van der Waals surface area contributed by atoms with Crippen LogP contribution in [0, 0.1) is 5.92 Å². The van der Waals surface area contributed by atoms with Crippen LogP contribution in [0.1, 0.15) is 38.8 Å². The van der Waals surface area contributed by atoms with Crippen molar-refractivity contribution in [2.45, 2.75) is 40.5 Å². The van der Waals surface area contributed by atoms with E-state index in [9.17, 15) is 0 Å². The fraction of sp³-hybridized carbons (Fsp3) is 0.444. The van der Waals surface area contributed by atoms with Crippen LogP contribution in [0.25, 0.3) is 0 Å². The van der Waals surface area contributed by atoms with Gasteiger partial charge in [0.05, 0.1) is 0 Å². The van der Waals surface area contributed by atoms with Gasteiger partial charge in [-0.15, -0.1) is 0 Å². The van der Waals surface area contributed by atoms with Gasteiger partial charge in [-0.25, -0.2) is 9.97 Å². The van der Waals surface area contributed by atoms with Crippen molar-refractivity contribution in [3.8, 4) is 0 Å². The Morgan fingerprint density at radius 3 is 2.23 bits per heavy atom. The second-order valence-corrected chi connectivity index (χ2v) is 5.85. The lowest BCUT2D eigenvalue weighted by atomic mass is 10.0. The maximum absolute atomic E-state index is 4.35. The molecule has 0 fully saturated rings. The minimum absolute atomic E-state index is 0.582. The number of para-hydroxylation sites is 1. The summed E-state index contributed by atoms with van der Waals surface area (Å²) in [6, 6.07) is 8.42. The maximum atomic E-state index is 4.35. The Hall–Kier alpha value is -2.10. The quantitative estimate of drug-likeness (QED) is 0.795. The second kappa shape index (κ2) is 7.78. The van der Waals surface area contributed by atoms with E-state index in [0.717, 1.165) is 31.0 Å². The molecule has 0 aliphatic rings. The van der Waals surface area contributed by atoms with Crippen LogP contribution in [0.3, 0.4) is 0 Å². The summed E-state index contributed by atoms with van der Waals surface area (Å²) in [6.45, 7) is 9.62. The summed E-state index contributed by atoms with van der Waals surface area (Å²) in [5.41, 5.74) is 3.81. The molecule has 0 atom stereocenters. The lowest BCUT2D eigenvalue weighted by molar-refractivity contribution is 0.687. The Balaban J connectivity index is 2.22. The van der Waals surface area contributed by atoms with E-state index in [4.69, 9.17) is 0 Å². The lowest BCUT2D eigenvalue weighted by Crippen LogP contribution is -2.10. The summed E-state index contributed by atoms with van der Waals surface area (Å²) in [6.07, 6.45) is 3.60. The first-order valence-corrected chi connectivity index (χ1v) is 8.07. The normalized spacial score (nSPS) is 10.8. The highest BCUT2D eigenvalue weighted by atomic mass is 15.1. The van der Waals surface area contributed by atoms with Gasteiger partial charge in [-0.2, -0.15) is 0 Å². The number of hydrogen-bond acceptors (Lipinski definition) is 4. The molecule has 0 bridgehead atoms. The number of rotatable bonds is 7. The molecule has 1 aromatic carbocycles. The van der Waals surface area contributed by atoms with Gasteiger partial charge in [0.1, 0.15) is 18.0 Å². The van der Waals surface area contributed by atoms with Crippen LogP contribution >= 0.6 is 0 Å². The van der Waals surface area contributed by atoms with E-state index in [-0.39, 0.29) is 0 Å². The Kier molecular flexibility index (Phi) is 5.75. The molecule has 0 radical (unpaired) electrons. The molecule has 1 heterocycles. The van der Waals surface area contributed by atoms with Crippen LogP contribution < -0.4 is 10.6 Å². The van der Waals surface area contributed by atoms with E-state index in [2.05, 4.69) is 66.5 Å². The molecule has 4 nitrogen and oxygen atoms in total. The average molecular weight is 298 g/mol. The third kappa shape index (κ3) is 4.20. The number of nitrogens with zero attached hydrogens (tertiary/aromatic N) is 2. The van der Waals surface area contributed by atoms with E-state index < -0.39 is 0 Å². The van der Waals surface area contributed by atoms with Gasteiger partial charge in [-0.3, -0.25) is 0 Å². The zero-order valence-electron chi connectivity index (χ0n) is 14.0. The van der Waals surface area contributed by atoms with E-state index in [1.165, 1.54) is 16.8 Å². The maximum Gasteiger partial charge on any atom is 0.135 e. The largest absolute Gasteiger partial charge is 0.370 e. The van der Waals surface area contributed by atoms with Crippen molar-refractivity contribution in [2.24, 2.45) is 5.92 Å². The third-order valence-electron chi connectivity index (χ3n) is 3.61. The van der Waals surface area contributed by atoms with Crippen molar-refractivity contribution < 1.29 is 0 Å². The van der Waals surface area contributed by atoms with Gasteiger partial charge in [0.25, 0.3) is 0 Å². The molecule has 0 amide bonds. The highest BCUT2D eigenvalue weighted by Crippen LogP contribution is 2.26. The van der Waals surface area contributed by atoms with E-state index in [1.54, 1.807) is 6.33 Å². The summed E-state index contributed by atoms with van der Waals surface area (Å²) in [5, 5.41) is 6.82. The number of aryl methyl sites for hydroxylation is 2. The first-order valence-electron chi connectivity index (χ1n) is 8.07. The third-order valence-corrected chi connectivity index (χ3v) is 3.61. The molecular formula is C18H26N4. The standard InChI is InChI=1S/C18H26N4/c1-5-14-8-7-9-15(6-2)18(14)22-17-10-16(20-12-21-17)19-11-13(3)4/h7-10,12-13H,5-6,11H2,1-4H3,(H2,19,20,21,22). The zero-order chi connectivity index (χ0) is 15.9. The molecular weight excluding hydrogens is 272 g/mol. The fourth-order valence-electron chi connectivity index (χ4n) is 2.36. The molecule has 22 heavy (non-hydrogen) atoms. The van der Waals surface area contributed by atoms with Gasteiger partial charge in [-0.1, -0.05) is 45.9 Å². The molecule has 2 N–H and O–H groups in total. The molecule has 2 rings (SSSR count). The van der Waals surface area contributed by atoms with Crippen LogP contribution in [0.15, 0.2) is 30.6 Å². The Labute approximate surface area is 133 Å². The molecule has 0 aliphatic carbocycles. The summed E-state index contributed by atoms with van der Waals surface area (Å²) >= 11 is 0. The number of aromatic nitrogens is 2.